The molecule has 0 saturated heterocycles. The first-order valence-corrected chi connectivity index (χ1v) is 10.7. The normalized spacial score (nSPS) is 11.6. The molecule has 148 valence electrons. The van der Waals surface area contributed by atoms with Crippen LogP contribution in [0.3, 0.4) is 0 Å². The Kier molecular flexibility index (Phi) is 7.54. The van der Waals surface area contributed by atoms with E-state index in [0.29, 0.717) is 12.8 Å². The van der Waals surface area contributed by atoms with Crippen LogP contribution in [0.25, 0.3) is 10.6 Å². The quantitative estimate of drug-likeness (QED) is 0.422. The third kappa shape index (κ3) is 6.73. The van der Waals surface area contributed by atoms with Crippen LogP contribution in [-0.4, -0.2) is 21.8 Å². The second-order valence-electron chi connectivity index (χ2n) is 8.13. The predicted octanol–water partition coefficient (Wildman–Crippen LogP) is 5.83. The van der Waals surface area contributed by atoms with Crippen molar-refractivity contribution >= 4 is 17.3 Å². The lowest BCUT2D eigenvalue weighted by atomic mass is 9.96. The minimum atomic E-state index is -0.433. The third-order valence-electron chi connectivity index (χ3n) is 4.40. The van der Waals surface area contributed by atoms with E-state index in [2.05, 4.69) is 43.1 Å². The van der Waals surface area contributed by atoms with Gasteiger partial charge in [-0.1, -0.05) is 31.1 Å². The minimum Gasteiger partial charge on any atom is -0.460 e. The Balaban J connectivity index is 2.07. The molecule has 0 unspecified atom stereocenters. The summed E-state index contributed by atoms with van der Waals surface area (Å²) >= 11 is 1.69. The number of rotatable bonds is 8. The number of hydrogen-bond donors (Lipinski definition) is 0. The van der Waals surface area contributed by atoms with Crippen molar-refractivity contribution in [2.75, 3.05) is 0 Å². The number of aryl methyl sites for hydroxylation is 3. The van der Waals surface area contributed by atoms with Gasteiger partial charge in [0.05, 0.1) is 0 Å². The molecule has 1 aromatic heterocycles. The number of nitrogens with zero attached hydrogens (tertiary/aromatic N) is 2. The smallest absolute Gasteiger partial charge is 0.306 e. The van der Waals surface area contributed by atoms with Gasteiger partial charge in [-0.05, 0) is 76.3 Å². The Hall–Kier alpha value is -1.75. The number of aromatic nitrogens is 2. The van der Waals surface area contributed by atoms with Crippen LogP contribution in [0.1, 0.15) is 75.1 Å². The van der Waals surface area contributed by atoms with Crippen molar-refractivity contribution in [3.05, 3.63) is 33.8 Å². The molecule has 0 bridgehead atoms. The van der Waals surface area contributed by atoms with E-state index in [1.165, 1.54) is 36.0 Å². The van der Waals surface area contributed by atoms with Crippen LogP contribution in [0.2, 0.25) is 0 Å². The molecule has 2 aromatic rings. The monoisotopic (exact) mass is 388 g/mol. The van der Waals surface area contributed by atoms with Crippen molar-refractivity contribution < 1.29 is 9.53 Å². The van der Waals surface area contributed by atoms with E-state index in [0.717, 1.165) is 22.0 Å². The topological polar surface area (TPSA) is 52.1 Å². The minimum absolute atomic E-state index is 0.147. The van der Waals surface area contributed by atoms with Gasteiger partial charge in [-0.15, -0.1) is 10.2 Å². The zero-order valence-electron chi connectivity index (χ0n) is 17.5. The van der Waals surface area contributed by atoms with Gasteiger partial charge < -0.3 is 4.74 Å². The largest absolute Gasteiger partial charge is 0.460 e. The van der Waals surface area contributed by atoms with Gasteiger partial charge in [-0.2, -0.15) is 0 Å². The van der Waals surface area contributed by atoms with Crippen molar-refractivity contribution in [2.24, 2.45) is 0 Å². The van der Waals surface area contributed by atoms with Crippen LogP contribution in [0, 0.1) is 13.8 Å². The molecule has 1 heterocycles. The molecule has 2 rings (SSSR count). The summed E-state index contributed by atoms with van der Waals surface area (Å²) in [5.74, 6) is -0.147. The number of ether oxygens (including phenoxy) is 1. The summed E-state index contributed by atoms with van der Waals surface area (Å²) in [6, 6.07) is 4.32. The molecule has 27 heavy (non-hydrogen) atoms. The maximum Gasteiger partial charge on any atom is 0.306 e. The highest BCUT2D eigenvalue weighted by Gasteiger charge is 2.17. The molecular weight excluding hydrogens is 356 g/mol. The highest BCUT2D eigenvalue weighted by atomic mass is 32.1. The highest BCUT2D eigenvalue weighted by molar-refractivity contribution is 7.14. The molecule has 0 N–H and O–H groups in total. The second-order valence-corrected chi connectivity index (χ2v) is 9.20. The van der Waals surface area contributed by atoms with Crippen LogP contribution in [0.15, 0.2) is 12.1 Å². The summed E-state index contributed by atoms with van der Waals surface area (Å²) in [6.45, 7) is 12.1. The van der Waals surface area contributed by atoms with Gasteiger partial charge in [0.2, 0.25) is 0 Å². The molecule has 0 fully saturated rings. The number of hydrogen-bond acceptors (Lipinski definition) is 5. The van der Waals surface area contributed by atoms with Gasteiger partial charge in [-0.25, -0.2) is 0 Å². The summed E-state index contributed by atoms with van der Waals surface area (Å²) in [5, 5.41) is 10.8. The molecule has 0 spiro atoms. The van der Waals surface area contributed by atoms with Gasteiger partial charge in [0.1, 0.15) is 15.6 Å². The fourth-order valence-corrected chi connectivity index (χ4v) is 4.00. The Labute approximate surface area is 167 Å². The SMILES string of the molecule is CCCCCc1nnc(-c2cc(C)c(CCC(=O)OC(C)(C)C)c(C)c2)s1. The highest BCUT2D eigenvalue weighted by Crippen LogP contribution is 2.29. The van der Waals surface area contributed by atoms with E-state index in [1.54, 1.807) is 11.3 Å². The lowest BCUT2D eigenvalue weighted by Crippen LogP contribution is -2.24. The molecule has 0 saturated carbocycles. The van der Waals surface area contributed by atoms with Crippen molar-refractivity contribution in [3.63, 3.8) is 0 Å². The van der Waals surface area contributed by atoms with E-state index >= 15 is 0 Å². The third-order valence-corrected chi connectivity index (χ3v) is 5.44. The maximum absolute atomic E-state index is 12.0. The van der Waals surface area contributed by atoms with Crippen molar-refractivity contribution in [1.82, 2.24) is 10.2 Å². The average molecular weight is 389 g/mol. The van der Waals surface area contributed by atoms with E-state index in [-0.39, 0.29) is 5.97 Å². The fraction of sp³-hybridized carbons (Fsp3) is 0.591. The number of benzene rings is 1. The van der Waals surface area contributed by atoms with Crippen LogP contribution in [0.4, 0.5) is 0 Å². The Bertz CT molecular complexity index is 752. The summed E-state index contributed by atoms with van der Waals surface area (Å²) in [5.41, 5.74) is 4.28. The first-order chi connectivity index (χ1) is 12.7. The first kappa shape index (κ1) is 21.5. The van der Waals surface area contributed by atoms with Gasteiger partial charge in [0.15, 0.2) is 0 Å². The zero-order chi connectivity index (χ0) is 20.0. The molecule has 0 radical (unpaired) electrons. The second kappa shape index (κ2) is 9.45. The number of carbonyl (C=O) groups is 1. The standard InChI is InChI=1S/C22H32N2O2S/c1-7-8-9-10-19-23-24-21(27-19)17-13-15(2)18(16(3)14-17)11-12-20(25)26-22(4,5)6/h13-14H,7-12H2,1-6H3. The lowest BCUT2D eigenvalue weighted by Gasteiger charge is -2.20. The molecule has 1 aromatic carbocycles. The van der Waals surface area contributed by atoms with E-state index in [4.69, 9.17) is 4.74 Å². The summed E-state index contributed by atoms with van der Waals surface area (Å²) in [4.78, 5) is 12.0. The molecule has 0 aliphatic heterocycles. The molecule has 5 heteroatoms. The number of carbonyl (C=O) groups excluding carboxylic acids is 1. The predicted molar refractivity (Wildman–Crippen MR) is 112 cm³/mol. The van der Waals surface area contributed by atoms with E-state index < -0.39 is 5.60 Å². The van der Waals surface area contributed by atoms with Crippen molar-refractivity contribution in [1.29, 1.82) is 0 Å². The Morgan fingerprint density at radius 3 is 2.33 bits per heavy atom. The van der Waals surface area contributed by atoms with Crippen LogP contribution >= 0.6 is 11.3 Å². The van der Waals surface area contributed by atoms with Crippen molar-refractivity contribution in [3.8, 4) is 10.6 Å². The summed E-state index contributed by atoms with van der Waals surface area (Å²) in [6.07, 6.45) is 5.74. The van der Waals surface area contributed by atoms with Gasteiger partial charge in [0.25, 0.3) is 0 Å². The summed E-state index contributed by atoms with van der Waals surface area (Å²) in [7, 11) is 0. The molecular formula is C22H32N2O2S. The number of esters is 1. The van der Waals surface area contributed by atoms with Gasteiger partial charge in [-0.3, -0.25) is 4.79 Å². The van der Waals surface area contributed by atoms with Crippen LogP contribution < -0.4 is 0 Å². The maximum atomic E-state index is 12.0. The average Bonchev–Trinajstić information content (AvgIpc) is 3.01. The Morgan fingerprint density at radius 2 is 1.74 bits per heavy atom. The fourth-order valence-electron chi connectivity index (χ4n) is 3.13. The zero-order valence-corrected chi connectivity index (χ0v) is 18.3. The van der Waals surface area contributed by atoms with Gasteiger partial charge >= 0.3 is 5.97 Å². The molecule has 0 aliphatic carbocycles. The molecule has 4 nitrogen and oxygen atoms in total. The first-order valence-electron chi connectivity index (χ1n) is 9.84. The Morgan fingerprint density at radius 1 is 1.07 bits per heavy atom. The molecule has 0 atom stereocenters. The summed E-state index contributed by atoms with van der Waals surface area (Å²) < 4.78 is 5.42. The number of unbranched alkanes of at least 4 members (excludes halogenated alkanes) is 2. The molecule has 0 aliphatic rings. The van der Waals surface area contributed by atoms with Crippen LogP contribution in [0.5, 0.6) is 0 Å². The lowest BCUT2D eigenvalue weighted by molar-refractivity contribution is -0.154. The van der Waals surface area contributed by atoms with Gasteiger partial charge in [0, 0.05) is 18.4 Å². The van der Waals surface area contributed by atoms with Crippen molar-refractivity contribution in [2.45, 2.75) is 85.7 Å². The van der Waals surface area contributed by atoms with E-state index in [9.17, 15) is 4.79 Å². The molecule has 0 amide bonds. The van der Waals surface area contributed by atoms with Crippen LogP contribution in [-0.2, 0) is 22.4 Å². The van der Waals surface area contributed by atoms with E-state index in [1.807, 2.05) is 20.8 Å².